The number of hydrogen-bond donors (Lipinski definition) is 0. The lowest BCUT2D eigenvalue weighted by Gasteiger charge is -2.10. The van der Waals surface area contributed by atoms with Crippen LogP contribution in [0.4, 0.5) is 4.39 Å². The first-order valence-electron chi connectivity index (χ1n) is 8.54. The van der Waals surface area contributed by atoms with Gasteiger partial charge in [0.15, 0.2) is 11.0 Å². The molecule has 134 valence electrons. The molecule has 0 aliphatic rings. The number of thioether (sulfide) groups is 1. The molecule has 2 heterocycles. The minimum Gasteiger partial charge on any atom is -0.298 e. The summed E-state index contributed by atoms with van der Waals surface area (Å²) >= 11 is 1.55. The van der Waals surface area contributed by atoms with Crippen molar-refractivity contribution in [3.8, 4) is 11.4 Å². The molecule has 0 radical (unpaired) electrons. The molecule has 0 saturated heterocycles. The lowest BCUT2D eigenvalue weighted by molar-refractivity contribution is 0.626. The Balaban J connectivity index is 1.65. The van der Waals surface area contributed by atoms with E-state index in [0.29, 0.717) is 12.3 Å². The largest absolute Gasteiger partial charge is 0.298 e. The van der Waals surface area contributed by atoms with Gasteiger partial charge in [-0.1, -0.05) is 54.2 Å². The molecule has 0 spiro atoms. The Bertz CT molecular complexity index is 1020. The fraction of sp³-hybridized carbons (Fsp3) is 0.0952. The molecular weight excluding hydrogens is 359 g/mol. The first-order chi connectivity index (χ1) is 13.3. The highest BCUT2D eigenvalue weighted by Gasteiger charge is 2.15. The van der Waals surface area contributed by atoms with Gasteiger partial charge in [0.25, 0.3) is 0 Å². The standard InChI is InChI=1S/C21H17FN4S/c22-19-8-4-7-17(13-19)15-27-21-25-24-20(18-9-11-23-12-10-18)26(21)14-16-5-2-1-3-6-16/h1-13H,14-15H2. The fourth-order valence-electron chi connectivity index (χ4n) is 2.79. The number of aromatic nitrogens is 4. The molecule has 0 N–H and O–H groups in total. The Morgan fingerprint density at radius 1 is 0.852 bits per heavy atom. The number of pyridine rings is 1. The van der Waals surface area contributed by atoms with Crippen LogP contribution in [0.15, 0.2) is 84.3 Å². The molecule has 6 heteroatoms. The van der Waals surface area contributed by atoms with Gasteiger partial charge in [-0.3, -0.25) is 9.55 Å². The lowest BCUT2D eigenvalue weighted by Crippen LogP contribution is -2.04. The van der Waals surface area contributed by atoms with Crippen molar-refractivity contribution in [2.45, 2.75) is 17.5 Å². The van der Waals surface area contributed by atoms with Crippen molar-refractivity contribution in [2.75, 3.05) is 0 Å². The van der Waals surface area contributed by atoms with Crippen LogP contribution in [0.1, 0.15) is 11.1 Å². The third kappa shape index (κ3) is 4.23. The molecular formula is C21H17FN4S. The van der Waals surface area contributed by atoms with Gasteiger partial charge in [-0.2, -0.15) is 0 Å². The molecule has 0 unspecified atom stereocenters. The predicted molar refractivity (Wildman–Crippen MR) is 105 cm³/mol. The fourth-order valence-corrected chi connectivity index (χ4v) is 3.67. The minimum atomic E-state index is -0.226. The summed E-state index contributed by atoms with van der Waals surface area (Å²) in [5.74, 6) is 1.19. The Labute approximate surface area is 161 Å². The highest BCUT2D eigenvalue weighted by atomic mass is 32.2. The van der Waals surface area contributed by atoms with Gasteiger partial charge < -0.3 is 0 Å². The smallest absolute Gasteiger partial charge is 0.192 e. The predicted octanol–water partition coefficient (Wildman–Crippen LogP) is 4.82. The molecule has 4 nitrogen and oxygen atoms in total. The van der Waals surface area contributed by atoms with E-state index in [1.807, 2.05) is 36.4 Å². The van der Waals surface area contributed by atoms with E-state index in [1.54, 1.807) is 36.3 Å². The maximum atomic E-state index is 13.4. The normalized spacial score (nSPS) is 10.9. The highest BCUT2D eigenvalue weighted by Crippen LogP contribution is 2.27. The second-order valence-corrected chi connectivity index (χ2v) is 6.97. The zero-order chi connectivity index (χ0) is 18.5. The molecule has 2 aromatic heterocycles. The summed E-state index contributed by atoms with van der Waals surface area (Å²) in [6, 6.07) is 20.7. The Hall–Kier alpha value is -2.99. The summed E-state index contributed by atoms with van der Waals surface area (Å²) in [5, 5.41) is 9.59. The van der Waals surface area contributed by atoms with E-state index in [1.165, 1.54) is 11.6 Å². The number of benzene rings is 2. The van der Waals surface area contributed by atoms with Gasteiger partial charge in [0.05, 0.1) is 6.54 Å². The van der Waals surface area contributed by atoms with Crippen LogP contribution >= 0.6 is 11.8 Å². The zero-order valence-corrected chi connectivity index (χ0v) is 15.3. The monoisotopic (exact) mass is 376 g/mol. The average Bonchev–Trinajstić information content (AvgIpc) is 3.10. The molecule has 2 aromatic carbocycles. The van der Waals surface area contributed by atoms with E-state index in [4.69, 9.17) is 0 Å². The number of halogens is 1. The number of hydrogen-bond acceptors (Lipinski definition) is 4. The third-order valence-corrected chi connectivity index (χ3v) is 5.13. The molecule has 0 saturated carbocycles. The van der Waals surface area contributed by atoms with Crippen LogP contribution < -0.4 is 0 Å². The van der Waals surface area contributed by atoms with Crippen LogP contribution in [0.2, 0.25) is 0 Å². The molecule has 0 atom stereocenters. The second kappa shape index (κ2) is 8.14. The van der Waals surface area contributed by atoms with Gasteiger partial charge in [0, 0.05) is 23.7 Å². The maximum Gasteiger partial charge on any atom is 0.192 e. The minimum absolute atomic E-state index is 0.226. The van der Waals surface area contributed by atoms with Gasteiger partial charge in [-0.05, 0) is 35.4 Å². The Kier molecular flexibility index (Phi) is 5.25. The second-order valence-electron chi connectivity index (χ2n) is 6.03. The topological polar surface area (TPSA) is 43.6 Å². The molecule has 0 aliphatic carbocycles. The van der Waals surface area contributed by atoms with Crippen molar-refractivity contribution in [3.63, 3.8) is 0 Å². The quantitative estimate of drug-likeness (QED) is 0.453. The Morgan fingerprint density at radius 3 is 2.41 bits per heavy atom. The summed E-state index contributed by atoms with van der Waals surface area (Å²) in [4.78, 5) is 4.08. The van der Waals surface area contributed by atoms with Crippen molar-refractivity contribution >= 4 is 11.8 Å². The van der Waals surface area contributed by atoms with E-state index >= 15 is 0 Å². The van der Waals surface area contributed by atoms with Gasteiger partial charge in [-0.25, -0.2) is 4.39 Å². The van der Waals surface area contributed by atoms with E-state index < -0.39 is 0 Å². The van der Waals surface area contributed by atoms with Crippen molar-refractivity contribution in [2.24, 2.45) is 0 Å². The average molecular weight is 376 g/mol. The van der Waals surface area contributed by atoms with Crippen LogP contribution in [0.25, 0.3) is 11.4 Å². The van der Waals surface area contributed by atoms with Crippen LogP contribution in [0.5, 0.6) is 0 Å². The SMILES string of the molecule is Fc1cccc(CSc2nnc(-c3ccncc3)n2Cc2ccccc2)c1. The van der Waals surface area contributed by atoms with Crippen molar-refractivity contribution < 1.29 is 4.39 Å². The molecule has 4 aromatic rings. The number of nitrogens with zero attached hydrogens (tertiary/aromatic N) is 4. The molecule has 4 rings (SSSR count). The summed E-state index contributed by atoms with van der Waals surface area (Å²) in [7, 11) is 0. The zero-order valence-electron chi connectivity index (χ0n) is 14.5. The van der Waals surface area contributed by atoms with Gasteiger partial charge in [0.1, 0.15) is 5.82 Å². The first-order valence-corrected chi connectivity index (χ1v) is 9.53. The summed E-state index contributed by atoms with van der Waals surface area (Å²) < 4.78 is 15.5. The van der Waals surface area contributed by atoms with E-state index in [-0.39, 0.29) is 5.82 Å². The Morgan fingerprint density at radius 2 is 1.63 bits per heavy atom. The van der Waals surface area contributed by atoms with Gasteiger partial charge in [-0.15, -0.1) is 10.2 Å². The van der Waals surface area contributed by atoms with Crippen molar-refractivity contribution in [1.29, 1.82) is 0 Å². The van der Waals surface area contributed by atoms with Gasteiger partial charge >= 0.3 is 0 Å². The van der Waals surface area contributed by atoms with E-state index in [9.17, 15) is 4.39 Å². The molecule has 0 fully saturated rings. The molecule has 0 bridgehead atoms. The van der Waals surface area contributed by atoms with Crippen molar-refractivity contribution in [1.82, 2.24) is 19.7 Å². The van der Waals surface area contributed by atoms with Crippen LogP contribution in [0, 0.1) is 5.82 Å². The van der Waals surface area contributed by atoms with Crippen LogP contribution in [-0.4, -0.2) is 19.7 Å². The lowest BCUT2D eigenvalue weighted by atomic mass is 10.2. The first kappa shape index (κ1) is 17.4. The summed E-state index contributed by atoms with van der Waals surface area (Å²) in [6.45, 7) is 0.664. The molecule has 0 aliphatic heterocycles. The van der Waals surface area contributed by atoms with E-state index in [0.717, 1.165) is 22.1 Å². The van der Waals surface area contributed by atoms with Gasteiger partial charge in [0.2, 0.25) is 0 Å². The molecule has 0 amide bonds. The summed E-state index contributed by atoms with van der Waals surface area (Å²) in [6.07, 6.45) is 3.49. The van der Waals surface area contributed by atoms with E-state index in [2.05, 4.69) is 31.9 Å². The highest BCUT2D eigenvalue weighted by molar-refractivity contribution is 7.98. The molecule has 27 heavy (non-hydrogen) atoms. The van der Waals surface area contributed by atoms with Crippen molar-refractivity contribution in [3.05, 3.63) is 96.1 Å². The van der Waals surface area contributed by atoms with Crippen LogP contribution in [-0.2, 0) is 12.3 Å². The third-order valence-electron chi connectivity index (χ3n) is 4.10. The maximum absolute atomic E-state index is 13.4. The summed E-state index contributed by atoms with van der Waals surface area (Å²) in [5.41, 5.74) is 3.05. The van der Waals surface area contributed by atoms with Crippen LogP contribution in [0.3, 0.4) is 0 Å². The number of rotatable bonds is 6.